The molecule has 1 aromatic rings. The molecule has 0 bridgehead atoms. The fourth-order valence-electron chi connectivity index (χ4n) is 2.27. The minimum Gasteiger partial charge on any atom is -0.377 e. The maximum Gasteiger partial charge on any atom is 0.242 e. The van der Waals surface area contributed by atoms with Gasteiger partial charge in [-0.3, -0.25) is 9.59 Å². The quantitative estimate of drug-likeness (QED) is 0.758. The molecule has 6 heteroatoms. The molecule has 0 radical (unpaired) electrons. The summed E-state index contributed by atoms with van der Waals surface area (Å²) in [5, 5.41) is 0. The topological polar surface area (TPSA) is 98.7 Å². The number of carbonyl (C=O) groups excluding carboxylic acids is 2. The Hall–Kier alpha value is -1.92. The zero-order chi connectivity index (χ0) is 14.5. The first-order chi connectivity index (χ1) is 9.59. The molecule has 1 unspecified atom stereocenters. The van der Waals surface area contributed by atoms with E-state index >= 15 is 0 Å². The summed E-state index contributed by atoms with van der Waals surface area (Å²) in [6, 6.07) is 8.12. The van der Waals surface area contributed by atoms with Crippen molar-refractivity contribution in [3.8, 4) is 0 Å². The first kappa shape index (κ1) is 14.5. The molecule has 4 N–H and O–H groups in total. The largest absolute Gasteiger partial charge is 0.377 e. The number of hydrogen-bond acceptors (Lipinski definition) is 4. The minimum absolute atomic E-state index is 0.138. The second kappa shape index (κ2) is 6.49. The summed E-state index contributed by atoms with van der Waals surface area (Å²) in [7, 11) is 0. The molecule has 0 aromatic heterocycles. The molecule has 1 fully saturated rings. The lowest BCUT2D eigenvalue weighted by molar-refractivity contribution is -0.148. The number of rotatable bonds is 4. The number of amides is 2. The van der Waals surface area contributed by atoms with Gasteiger partial charge in [-0.05, 0) is 12.0 Å². The van der Waals surface area contributed by atoms with Crippen molar-refractivity contribution in [3.05, 3.63) is 35.9 Å². The number of carbonyl (C=O) groups is 2. The Balaban J connectivity index is 2.03. The lowest BCUT2D eigenvalue weighted by atomic mass is 10.0. The van der Waals surface area contributed by atoms with Gasteiger partial charge in [0.15, 0.2) is 0 Å². The van der Waals surface area contributed by atoms with Gasteiger partial charge in [-0.25, -0.2) is 0 Å². The smallest absolute Gasteiger partial charge is 0.242 e. The zero-order valence-electron chi connectivity index (χ0n) is 11.2. The molecule has 1 aliphatic rings. The van der Waals surface area contributed by atoms with Gasteiger partial charge >= 0.3 is 0 Å². The standard InChI is InChI=1S/C14H19N3O3/c15-11(8-10-4-2-1-3-5-10)14(19)17-6-7-20-9-12(17)13(16)18/h1-5,11-12H,6-9,15H2,(H2,16,18)/t11-,12?/m0/s1. The van der Waals surface area contributed by atoms with Gasteiger partial charge in [0.05, 0.1) is 19.3 Å². The molecule has 1 aliphatic heterocycles. The van der Waals surface area contributed by atoms with E-state index in [1.165, 1.54) is 4.90 Å². The fourth-order valence-corrected chi connectivity index (χ4v) is 2.27. The highest BCUT2D eigenvalue weighted by molar-refractivity contribution is 5.89. The van der Waals surface area contributed by atoms with Crippen LogP contribution in [0.15, 0.2) is 30.3 Å². The predicted octanol–water partition coefficient (Wildman–Crippen LogP) is -0.731. The normalized spacial score (nSPS) is 20.4. The molecule has 2 rings (SSSR count). The van der Waals surface area contributed by atoms with Crippen molar-refractivity contribution >= 4 is 11.8 Å². The number of hydrogen-bond donors (Lipinski definition) is 2. The lowest BCUT2D eigenvalue weighted by Crippen LogP contribution is -2.58. The van der Waals surface area contributed by atoms with Gasteiger partial charge in [0, 0.05) is 6.54 Å². The third kappa shape index (κ3) is 3.34. The summed E-state index contributed by atoms with van der Waals surface area (Å²) in [6.45, 7) is 0.877. The molecular weight excluding hydrogens is 258 g/mol. The van der Waals surface area contributed by atoms with Crippen LogP contribution in [-0.4, -0.2) is 48.6 Å². The molecule has 2 atom stereocenters. The van der Waals surface area contributed by atoms with Crippen LogP contribution in [0.4, 0.5) is 0 Å². The van der Waals surface area contributed by atoms with Crippen molar-refractivity contribution in [2.75, 3.05) is 19.8 Å². The molecule has 2 amide bonds. The number of benzene rings is 1. The van der Waals surface area contributed by atoms with Crippen LogP contribution in [0, 0.1) is 0 Å². The minimum atomic E-state index is -0.724. The molecule has 108 valence electrons. The van der Waals surface area contributed by atoms with Crippen LogP contribution in [-0.2, 0) is 20.7 Å². The van der Waals surface area contributed by atoms with E-state index in [9.17, 15) is 9.59 Å². The molecule has 20 heavy (non-hydrogen) atoms. The lowest BCUT2D eigenvalue weighted by Gasteiger charge is -2.35. The highest BCUT2D eigenvalue weighted by Gasteiger charge is 2.33. The van der Waals surface area contributed by atoms with Crippen LogP contribution in [0.25, 0.3) is 0 Å². The summed E-state index contributed by atoms with van der Waals surface area (Å²) >= 11 is 0. The Morgan fingerprint density at radius 3 is 2.70 bits per heavy atom. The van der Waals surface area contributed by atoms with Gasteiger partial charge in [0.25, 0.3) is 0 Å². The highest BCUT2D eigenvalue weighted by Crippen LogP contribution is 2.10. The van der Waals surface area contributed by atoms with Crippen LogP contribution < -0.4 is 11.5 Å². The summed E-state index contributed by atoms with van der Waals surface area (Å²) < 4.78 is 5.19. The van der Waals surface area contributed by atoms with Crippen molar-refractivity contribution in [2.45, 2.75) is 18.5 Å². The SMILES string of the molecule is NC(=O)C1COCCN1C(=O)[C@@H](N)Cc1ccccc1. The number of ether oxygens (including phenoxy) is 1. The monoisotopic (exact) mass is 277 g/mol. The number of primary amides is 1. The summed E-state index contributed by atoms with van der Waals surface area (Å²) in [6.07, 6.45) is 0.433. The Kier molecular flexibility index (Phi) is 4.70. The summed E-state index contributed by atoms with van der Waals surface area (Å²) in [5.74, 6) is -0.828. The van der Waals surface area contributed by atoms with Crippen LogP contribution in [0.5, 0.6) is 0 Å². The average Bonchev–Trinajstić information content (AvgIpc) is 2.47. The van der Waals surface area contributed by atoms with E-state index in [-0.39, 0.29) is 12.5 Å². The van der Waals surface area contributed by atoms with Crippen LogP contribution >= 0.6 is 0 Å². The number of nitrogens with zero attached hydrogens (tertiary/aromatic N) is 1. The third-order valence-corrected chi connectivity index (χ3v) is 3.36. The van der Waals surface area contributed by atoms with E-state index in [0.717, 1.165) is 5.56 Å². The Labute approximate surface area is 117 Å². The van der Waals surface area contributed by atoms with E-state index in [1.807, 2.05) is 30.3 Å². The number of morpholine rings is 1. The van der Waals surface area contributed by atoms with Gasteiger partial charge < -0.3 is 21.1 Å². The van der Waals surface area contributed by atoms with Crippen molar-refractivity contribution in [1.29, 1.82) is 0 Å². The molecule has 1 saturated heterocycles. The van der Waals surface area contributed by atoms with Crippen molar-refractivity contribution in [3.63, 3.8) is 0 Å². The van der Waals surface area contributed by atoms with Crippen molar-refractivity contribution in [1.82, 2.24) is 4.90 Å². The van der Waals surface area contributed by atoms with Gasteiger partial charge in [-0.2, -0.15) is 0 Å². The number of nitrogens with two attached hydrogens (primary N) is 2. The zero-order valence-corrected chi connectivity index (χ0v) is 11.2. The van der Waals surface area contributed by atoms with Gasteiger partial charge in [-0.15, -0.1) is 0 Å². The predicted molar refractivity (Wildman–Crippen MR) is 73.6 cm³/mol. The van der Waals surface area contributed by atoms with Crippen molar-refractivity contribution < 1.29 is 14.3 Å². The molecular formula is C14H19N3O3. The first-order valence-corrected chi connectivity index (χ1v) is 6.56. The van der Waals surface area contributed by atoms with E-state index in [4.69, 9.17) is 16.2 Å². The maximum atomic E-state index is 12.4. The average molecular weight is 277 g/mol. The van der Waals surface area contributed by atoms with Gasteiger partial charge in [0.2, 0.25) is 11.8 Å². The second-order valence-electron chi connectivity index (χ2n) is 4.82. The van der Waals surface area contributed by atoms with E-state index in [0.29, 0.717) is 19.6 Å². The second-order valence-corrected chi connectivity index (χ2v) is 4.82. The fraction of sp³-hybridized carbons (Fsp3) is 0.429. The molecule has 0 spiro atoms. The molecule has 1 aromatic carbocycles. The molecule has 6 nitrogen and oxygen atoms in total. The Morgan fingerprint density at radius 2 is 2.05 bits per heavy atom. The van der Waals surface area contributed by atoms with Crippen LogP contribution in [0.3, 0.4) is 0 Å². The summed E-state index contributed by atoms with van der Waals surface area (Å²) in [4.78, 5) is 25.1. The van der Waals surface area contributed by atoms with E-state index in [2.05, 4.69) is 0 Å². The first-order valence-electron chi connectivity index (χ1n) is 6.56. The third-order valence-electron chi connectivity index (χ3n) is 3.36. The molecule has 0 aliphatic carbocycles. The molecule has 1 heterocycles. The Bertz CT molecular complexity index is 478. The van der Waals surface area contributed by atoms with Gasteiger partial charge in [0.1, 0.15) is 6.04 Å². The van der Waals surface area contributed by atoms with E-state index in [1.54, 1.807) is 0 Å². The highest BCUT2D eigenvalue weighted by atomic mass is 16.5. The summed E-state index contributed by atoms with van der Waals surface area (Å²) in [5.41, 5.74) is 12.2. The van der Waals surface area contributed by atoms with Crippen LogP contribution in [0.2, 0.25) is 0 Å². The van der Waals surface area contributed by atoms with Crippen LogP contribution in [0.1, 0.15) is 5.56 Å². The molecule has 0 saturated carbocycles. The van der Waals surface area contributed by atoms with Gasteiger partial charge in [-0.1, -0.05) is 30.3 Å². The Morgan fingerprint density at radius 1 is 1.35 bits per heavy atom. The van der Waals surface area contributed by atoms with E-state index < -0.39 is 18.0 Å². The maximum absolute atomic E-state index is 12.4. The van der Waals surface area contributed by atoms with Crippen molar-refractivity contribution in [2.24, 2.45) is 11.5 Å².